The van der Waals surface area contributed by atoms with E-state index < -0.39 is 6.10 Å². The van der Waals surface area contributed by atoms with E-state index in [-0.39, 0.29) is 24.4 Å². The van der Waals surface area contributed by atoms with Crippen LogP contribution in [0.1, 0.15) is 19.4 Å². The van der Waals surface area contributed by atoms with Crippen LogP contribution in [0.15, 0.2) is 24.3 Å². The molecule has 0 heterocycles. The molecule has 126 valence electrons. The van der Waals surface area contributed by atoms with Crippen molar-refractivity contribution in [2.24, 2.45) is 5.41 Å². The molecule has 0 radical (unpaired) electrons. The molecule has 0 spiro atoms. The van der Waals surface area contributed by atoms with Crippen LogP contribution in [0.25, 0.3) is 0 Å². The van der Waals surface area contributed by atoms with Crippen LogP contribution in [0.4, 0.5) is 4.39 Å². The summed E-state index contributed by atoms with van der Waals surface area (Å²) >= 11 is 0. The van der Waals surface area contributed by atoms with Crippen LogP contribution in [-0.4, -0.2) is 56.4 Å². The van der Waals surface area contributed by atoms with Crippen LogP contribution in [0.2, 0.25) is 0 Å². The van der Waals surface area contributed by atoms with Crippen molar-refractivity contribution < 1.29 is 14.2 Å². The van der Waals surface area contributed by atoms with Gasteiger partial charge in [0.25, 0.3) is 0 Å². The van der Waals surface area contributed by atoms with Gasteiger partial charge in [0.05, 0.1) is 19.3 Å². The van der Waals surface area contributed by atoms with Gasteiger partial charge in [0.15, 0.2) is 0 Å². The number of ether oxygens (including phenoxy) is 1. The van der Waals surface area contributed by atoms with Gasteiger partial charge in [-0.3, -0.25) is 0 Å². The summed E-state index contributed by atoms with van der Waals surface area (Å²) < 4.78 is 18.8. The zero-order valence-corrected chi connectivity index (χ0v) is 14.1. The van der Waals surface area contributed by atoms with Crippen molar-refractivity contribution in [2.75, 3.05) is 40.3 Å². The van der Waals surface area contributed by atoms with E-state index in [0.717, 1.165) is 13.1 Å². The Kier molecular flexibility index (Phi) is 7.96. The van der Waals surface area contributed by atoms with Crippen LogP contribution < -0.4 is 5.32 Å². The first-order valence-electron chi connectivity index (χ1n) is 7.65. The quantitative estimate of drug-likeness (QED) is 0.692. The SMILES string of the molecule is CN(C)CC(C)(C)CNC[C@@H](O)COCc1ccccc1F. The summed E-state index contributed by atoms with van der Waals surface area (Å²) in [7, 11) is 4.10. The molecule has 0 aliphatic heterocycles. The minimum atomic E-state index is -0.595. The van der Waals surface area contributed by atoms with Gasteiger partial charge >= 0.3 is 0 Å². The molecule has 1 aromatic carbocycles. The van der Waals surface area contributed by atoms with Gasteiger partial charge in [-0.1, -0.05) is 32.0 Å². The van der Waals surface area contributed by atoms with Crippen molar-refractivity contribution in [3.8, 4) is 0 Å². The number of aliphatic hydroxyl groups is 1. The maximum Gasteiger partial charge on any atom is 0.128 e. The smallest absolute Gasteiger partial charge is 0.128 e. The molecular formula is C17H29FN2O2. The number of rotatable bonds is 10. The van der Waals surface area contributed by atoms with Gasteiger partial charge in [-0.15, -0.1) is 0 Å². The molecule has 1 rings (SSSR count). The van der Waals surface area contributed by atoms with Gasteiger partial charge in [0, 0.05) is 25.2 Å². The summed E-state index contributed by atoms with van der Waals surface area (Å²) in [6.45, 7) is 6.98. The largest absolute Gasteiger partial charge is 0.389 e. The molecule has 0 aliphatic carbocycles. The molecule has 1 atom stereocenters. The second-order valence-electron chi connectivity index (χ2n) is 6.79. The molecule has 0 bridgehead atoms. The zero-order valence-electron chi connectivity index (χ0n) is 14.1. The van der Waals surface area contributed by atoms with E-state index in [1.54, 1.807) is 18.2 Å². The summed E-state index contributed by atoms with van der Waals surface area (Å²) in [5.74, 6) is -0.277. The van der Waals surface area contributed by atoms with Crippen LogP contribution >= 0.6 is 0 Å². The predicted octanol–water partition coefficient (Wildman–Crippen LogP) is 1.88. The van der Waals surface area contributed by atoms with Gasteiger partial charge in [-0.2, -0.15) is 0 Å². The van der Waals surface area contributed by atoms with Crippen LogP contribution in [0.5, 0.6) is 0 Å². The van der Waals surface area contributed by atoms with E-state index in [9.17, 15) is 9.50 Å². The molecule has 4 nitrogen and oxygen atoms in total. The van der Waals surface area contributed by atoms with Gasteiger partial charge in [-0.25, -0.2) is 4.39 Å². The Morgan fingerprint density at radius 3 is 2.64 bits per heavy atom. The van der Waals surface area contributed by atoms with Crippen molar-refractivity contribution in [1.29, 1.82) is 0 Å². The van der Waals surface area contributed by atoms with Crippen molar-refractivity contribution >= 4 is 0 Å². The zero-order chi connectivity index (χ0) is 16.6. The normalized spacial score (nSPS) is 13.6. The third kappa shape index (κ3) is 7.84. The van der Waals surface area contributed by atoms with Gasteiger partial charge < -0.3 is 20.1 Å². The molecule has 0 amide bonds. The molecule has 22 heavy (non-hydrogen) atoms. The van der Waals surface area contributed by atoms with Crippen LogP contribution in [0, 0.1) is 11.2 Å². The fourth-order valence-electron chi connectivity index (χ4n) is 2.47. The lowest BCUT2D eigenvalue weighted by molar-refractivity contribution is 0.0266. The predicted molar refractivity (Wildman–Crippen MR) is 87.3 cm³/mol. The minimum Gasteiger partial charge on any atom is -0.389 e. The molecule has 0 aromatic heterocycles. The highest BCUT2D eigenvalue weighted by atomic mass is 19.1. The van der Waals surface area contributed by atoms with E-state index in [2.05, 4.69) is 24.1 Å². The molecule has 0 unspecified atom stereocenters. The highest BCUT2D eigenvalue weighted by Gasteiger charge is 2.18. The lowest BCUT2D eigenvalue weighted by Crippen LogP contribution is -2.40. The van der Waals surface area contributed by atoms with Crippen LogP contribution in [-0.2, 0) is 11.3 Å². The Morgan fingerprint density at radius 2 is 2.00 bits per heavy atom. The summed E-state index contributed by atoms with van der Waals surface area (Å²) in [5, 5.41) is 13.1. The molecule has 0 fully saturated rings. The van der Waals surface area contributed by atoms with Crippen LogP contribution in [0.3, 0.4) is 0 Å². The Labute approximate surface area is 133 Å². The lowest BCUT2D eigenvalue weighted by Gasteiger charge is -2.29. The molecule has 1 aromatic rings. The second-order valence-corrected chi connectivity index (χ2v) is 6.79. The monoisotopic (exact) mass is 312 g/mol. The van der Waals surface area contributed by atoms with E-state index >= 15 is 0 Å². The number of nitrogens with zero attached hydrogens (tertiary/aromatic N) is 1. The highest BCUT2D eigenvalue weighted by molar-refractivity contribution is 5.16. The number of nitrogens with one attached hydrogen (secondary N) is 1. The fourth-order valence-corrected chi connectivity index (χ4v) is 2.47. The number of benzene rings is 1. The summed E-state index contributed by atoms with van der Waals surface area (Å²) in [4.78, 5) is 2.15. The summed E-state index contributed by atoms with van der Waals surface area (Å²) in [6, 6.07) is 6.51. The average molecular weight is 312 g/mol. The van der Waals surface area contributed by atoms with Gasteiger partial charge in [0.1, 0.15) is 5.82 Å². The Hall–Kier alpha value is -1.01. The summed E-state index contributed by atoms with van der Waals surface area (Å²) in [5.41, 5.74) is 0.645. The number of hydrogen-bond acceptors (Lipinski definition) is 4. The van der Waals surface area contributed by atoms with Crippen molar-refractivity contribution in [3.63, 3.8) is 0 Å². The van der Waals surface area contributed by atoms with E-state index in [0.29, 0.717) is 12.1 Å². The first kappa shape index (κ1) is 19.0. The fraction of sp³-hybridized carbons (Fsp3) is 0.647. The van der Waals surface area contributed by atoms with Crippen molar-refractivity contribution in [2.45, 2.75) is 26.6 Å². The Bertz CT molecular complexity index is 438. The van der Waals surface area contributed by atoms with E-state index in [1.807, 2.05) is 14.1 Å². The van der Waals surface area contributed by atoms with E-state index in [4.69, 9.17) is 4.74 Å². The third-order valence-electron chi connectivity index (χ3n) is 3.25. The first-order chi connectivity index (χ1) is 10.3. The lowest BCUT2D eigenvalue weighted by atomic mass is 9.93. The molecular weight excluding hydrogens is 283 g/mol. The highest BCUT2D eigenvalue weighted by Crippen LogP contribution is 2.14. The first-order valence-corrected chi connectivity index (χ1v) is 7.65. The summed E-state index contributed by atoms with van der Waals surface area (Å²) in [6.07, 6.45) is -0.595. The molecule has 2 N–H and O–H groups in total. The molecule has 0 saturated heterocycles. The average Bonchev–Trinajstić information content (AvgIpc) is 2.39. The standard InChI is InChI=1S/C17H29FN2O2/c1-17(2,13-20(3)4)12-19-9-15(21)11-22-10-14-7-5-6-8-16(14)18/h5-8,15,19,21H,9-13H2,1-4H3/t15-/m1/s1. The molecule has 5 heteroatoms. The van der Waals surface area contributed by atoms with Gasteiger partial charge in [-0.05, 0) is 25.6 Å². The maximum atomic E-state index is 13.4. The minimum absolute atomic E-state index is 0.136. The second kappa shape index (κ2) is 9.20. The van der Waals surface area contributed by atoms with Crippen molar-refractivity contribution in [3.05, 3.63) is 35.6 Å². The Morgan fingerprint density at radius 1 is 1.32 bits per heavy atom. The number of aliphatic hydroxyl groups excluding tert-OH is 1. The maximum absolute atomic E-state index is 13.4. The van der Waals surface area contributed by atoms with Crippen molar-refractivity contribution in [1.82, 2.24) is 10.2 Å². The van der Waals surface area contributed by atoms with E-state index in [1.165, 1.54) is 6.07 Å². The topological polar surface area (TPSA) is 44.7 Å². The number of halogens is 1. The van der Waals surface area contributed by atoms with Gasteiger partial charge in [0.2, 0.25) is 0 Å². The third-order valence-corrected chi connectivity index (χ3v) is 3.25. The number of hydrogen-bond donors (Lipinski definition) is 2. The molecule has 0 aliphatic rings. The Balaban J connectivity index is 2.19. The molecule has 0 saturated carbocycles.